The summed E-state index contributed by atoms with van der Waals surface area (Å²) in [5.41, 5.74) is 1.46. The number of methoxy groups -OCH3 is 2. The smallest absolute Gasteiger partial charge is 0.161 e. The van der Waals surface area contributed by atoms with Gasteiger partial charge < -0.3 is 14.6 Å². The number of benzene rings is 1. The molecule has 0 saturated heterocycles. The molecule has 1 aromatic heterocycles. The highest BCUT2D eigenvalue weighted by atomic mass is 16.5. The van der Waals surface area contributed by atoms with E-state index in [1.54, 1.807) is 44.8 Å². The Balaban J connectivity index is 2.47. The van der Waals surface area contributed by atoms with Gasteiger partial charge in [-0.05, 0) is 24.6 Å². The Kier molecular flexibility index (Phi) is 3.97. The second-order valence-corrected chi connectivity index (χ2v) is 4.10. The fourth-order valence-corrected chi connectivity index (χ4v) is 1.82. The molecule has 0 fully saturated rings. The Hall–Kier alpha value is -2.14. The Labute approximate surface area is 111 Å². The van der Waals surface area contributed by atoms with Gasteiger partial charge in [0.2, 0.25) is 0 Å². The minimum atomic E-state index is -0.994. The summed E-state index contributed by atoms with van der Waals surface area (Å²) in [4.78, 5) is 8.27. The maximum absolute atomic E-state index is 10.4. The standard InChI is InChI=1S/C14H16N2O3/c1-9-7-15-14(16-8-9)13(17)12-10(18-2)5-4-6-11(12)19-3/h4-8,13,17H,1-3H3. The maximum Gasteiger partial charge on any atom is 0.161 e. The number of aliphatic hydroxyl groups is 1. The Bertz CT molecular complexity index is 533. The molecule has 0 aliphatic carbocycles. The molecule has 0 spiro atoms. The first-order chi connectivity index (χ1) is 9.17. The van der Waals surface area contributed by atoms with Crippen molar-refractivity contribution < 1.29 is 14.6 Å². The van der Waals surface area contributed by atoms with Crippen LogP contribution in [0.3, 0.4) is 0 Å². The van der Waals surface area contributed by atoms with E-state index in [-0.39, 0.29) is 0 Å². The highest BCUT2D eigenvalue weighted by molar-refractivity contribution is 5.48. The normalized spacial score (nSPS) is 12.0. The van der Waals surface area contributed by atoms with Gasteiger partial charge in [0.15, 0.2) is 5.82 Å². The number of ether oxygens (including phenoxy) is 2. The molecule has 2 aromatic rings. The van der Waals surface area contributed by atoms with Crippen molar-refractivity contribution in [1.82, 2.24) is 9.97 Å². The number of hydrogen-bond donors (Lipinski definition) is 1. The minimum Gasteiger partial charge on any atom is -0.496 e. The van der Waals surface area contributed by atoms with E-state index in [4.69, 9.17) is 9.47 Å². The van der Waals surface area contributed by atoms with Crippen LogP contribution >= 0.6 is 0 Å². The molecule has 19 heavy (non-hydrogen) atoms. The number of aromatic nitrogens is 2. The largest absolute Gasteiger partial charge is 0.496 e. The van der Waals surface area contributed by atoms with Gasteiger partial charge in [-0.15, -0.1) is 0 Å². The van der Waals surface area contributed by atoms with Crippen molar-refractivity contribution in [1.29, 1.82) is 0 Å². The molecule has 0 aliphatic heterocycles. The molecule has 0 saturated carbocycles. The van der Waals surface area contributed by atoms with Gasteiger partial charge in [-0.2, -0.15) is 0 Å². The van der Waals surface area contributed by atoms with Gasteiger partial charge in [0.05, 0.1) is 19.8 Å². The van der Waals surface area contributed by atoms with Crippen molar-refractivity contribution in [3.8, 4) is 11.5 Å². The van der Waals surface area contributed by atoms with Crippen LogP contribution in [0.1, 0.15) is 23.1 Å². The third-order valence-corrected chi connectivity index (χ3v) is 2.78. The molecule has 0 radical (unpaired) electrons. The van der Waals surface area contributed by atoms with Crippen LogP contribution in [0, 0.1) is 6.92 Å². The second-order valence-electron chi connectivity index (χ2n) is 4.10. The Morgan fingerprint density at radius 2 is 1.58 bits per heavy atom. The Morgan fingerprint density at radius 1 is 1.05 bits per heavy atom. The Morgan fingerprint density at radius 3 is 2.05 bits per heavy atom. The van der Waals surface area contributed by atoms with Crippen molar-refractivity contribution in [3.05, 3.63) is 47.5 Å². The summed E-state index contributed by atoms with van der Waals surface area (Å²) >= 11 is 0. The highest BCUT2D eigenvalue weighted by Crippen LogP contribution is 2.35. The first-order valence-electron chi connectivity index (χ1n) is 5.85. The second kappa shape index (κ2) is 5.67. The lowest BCUT2D eigenvalue weighted by molar-refractivity contribution is 0.199. The van der Waals surface area contributed by atoms with Gasteiger partial charge >= 0.3 is 0 Å². The van der Waals surface area contributed by atoms with Crippen LogP contribution in [0.25, 0.3) is 0 Å². The van der Waals surface area contributed by atoms with Crippen molar-refractivity contribution in [2.24, 2.45) is 0 Å². The topological polar surface area (TPSA) is 64.5 Å². The molecule has 1 heterocycles. The van der Waals surface area contributed by atoms with Crippen molar-refractivity contribution >= 4 is 0 Å². The van der Waals surface area contributed by atoms with E-state index < -0.39 is 6.10 Å². The third kappa shape index (κ3) is 2.66. The summed E-state index contributed by atoms with van der Waals surface area (Å²) in [5.74, 6) is 1.39. The third-order valence-electron chi connectivity index (χ3n) is 2.78. The minimum absolute atomic E-state index is 0.313. The predicted molar refractivity (Wildman–Crippen MR) is 70.4 cm³/mol. The van der Waals surface area contributed by atoms with Crippen LogP contribution in [0.4, 0.5) is 0 Å². The van der Waals surface area contributed by atoms with Crippen molar-refractivity contribution in [2.45, 2.75) is 13.0 Å². The van der Waals surface area contributed by atoms with Gasteiger partial charge in [-0.3, -0.25) is 0 Å². The summed E-state index contributed by atoms with van der Waals surface area (Å²) < 4.78 is 10.5. The maximum atomic E-state index is 10.4. The van der Waals surface area contributed by atoms with Crippen LogP contribution in [-0.2, 0) is 0 Å². The van der Waals surface area contributed by atoms with Crippen molar-refractivity contribution in [3.63, 3.8) is 0 Å². The lowest BCUT2D eigenvalue weighted by Crippen LogP contribution is -2.08. The van der Waals surface area contributed by atoms with Crippen LogP contribution < -0.4 is 9.47 Å². The lowest BCUT2D eigenvalue weighted by Gasteiger charge is -2.17. The highest BCUT2D eigenvalue weighted by Gasteiger charge is 2.22. The molecule has 0 amide bonds. The zero-order valence-electron chi connectivity index (χ0n) is 11.1. The molecule has 5 nitrogen and oxygen atoms in total. The summed E-state index contributed by atoms with van der Waals surface area (Å²) in [7, 11) is 3.09. The van der Waals surface area contributed by atoms with Crippen LogP contribution in [-0.4, -0.2) is 29.3 Å². The number of rotatable bonds is 4. The molecule has 1 aromatic carbocycles. The predicted octanol–water partition coefficient (Wildman–Crippen LogP) is 1.88. The van der Waals surface area contributed by atoms with Crippen molar-refractivity contribution in [2.75, 3.05) is 14.2 Å². The molecule has 1 atom stereocenters. The quantitative estimate of drug-likeness (QED) is 0.909. The molecule has 100 valence electrons. The summed E-state index contributed by atoms with van der Waals surface area (Å²) in [6.45, 7) is 1.89. The molecule has 1 unspecified atom stereocenters. The average molecular weight is 260 g/mol. The molecule has 0 bridgehead atoms. The van der Waals surface area contributed by atoms with E-state index in [9.17, 15) is 5.11 Å². The average Bonchev–Trinajstić information content (AvgIpc) is 2.46. The van der Waals surface area contributed by atoms with Gasteiger partial charge in [-0.1, -0.05) is 6.07 Å². The molecular weight excluding hydrogens is 244 g/mol. The first-order valence-corrected chi connectivity index (χ1v) is 5.85. The SMILES string of the molecule is COc1cccc(OC)c1C(O)c1ncc(C)cn1. The van der Waals surface area contributed by atoms with E-state index in [1.165, 1.54) is 0 Å². The summed E-state index contributed by atoms with van der Waals surface area (Å²) in [6.07, 6.45) is 2.33. The lowest BCUT2D eigenvalue weighted by atomic mass is 10.1. The molecule has 0 aliphatic rings. The van der Waals surface area contributed by atoms with E-state index in [0.29, 0.717) is 22.9 Å². The number of aryl methyl sites for hydroxylation is 1. The number of hydrogen-bond acceptors (Lipinski definition) is 5. The molecular formula is C14H16N2O3. The number of aliphatic hydroxyl groups excluding tert-OH is 1. The monoisotopic (exact) mass is 260 g/mol. The van der Waals surface area contributed by atoms with Gasteiger partial charge in [0.25, 0.3) is 0 Å². The molecule has 2 rings (SSSR count). The number of nitrogens with zero attached hydrogens (tertiary/aromatic N) is 2. The zero-order valence-corrected chi connectivity index (χ0v) is 11.1. The van der Waals surface area contributed by atoms with Gasteiger partial charge in [-0.25, -0.2) is 9.97 Å². The zero-order chi connectivity index (χ0) is 13.8. The van der Waals surface area contributed by atoms with E-state index >= 15 is 0 Å². The van der Waals surface area contributed by atoms with Crippen LogP contribution in [0.5, 0.6) is 11.5 Å². The van der Waals surface area contributed by atoms with Crippen LogP contribution in [0.15, 0.2) is 30.6 Å². The fraction of sp³-hybridized carbons (Fsp3) is 0.286. The van der Waals surface area contributed by atoms with E-state index in [2.05, 4.69) is 9.97 Å². The van der Waals surface area contributed by atoms with Gasteiger partial charge in [0.1, 0.15) is 17.6 Å². The fourth-order valence-electron chi connectivity index (χ4n) is 1.82. The van der Waals surface area contributed by atoms with Crippen LogP contribution in [0.2, 0.25) is 0 Å². The molecule has 1 N–H and O–H groups in total. The van der Waals surface area contributed by atoms with Gasteiger partial charge in [0, 0.05) is 12.4 Å². The summed E-state index contributed by atoms with van der Waals surface area (Å²) in [5, 5.41) is 10.4. The first kappa shape index (κ1) is 13.3. The van der Waals surface area contributed by atoms with E-state index in [0.717, 1.165) is 5.56 Å². The summed E-state index contributed by atoms with van der Waals surface area (Å²) in [6, 6.07) is 5.31. The van der Waals surface area contributed by atoms with E-state index in [1.807, 2.05) is 6.92 Å². The molecule has 5 heteroatoms.